The maximum atomic E-state index is 5.52. The molecule has 1 fully saturated rings. The molecule has 0 bridgehead atoms. The summed E-state index contributed by atoms with van der Waals surface area (Å²) in [5, 5.41) is 3.53. The molecule has 106 valence electrons. The first-order valence-electron chi connectivity index (χ1n) is 7.22. The highest BCUT2D eigenvalue weighted by Crippen LogP contribution is 2.46. The minimum atomic E-state index is 0.630. The molecule has 1 saturated carbocycles. The molecule has 0 aromatic heterocycles. The van der Waals surface area contributed by atoms with Crippen molar-refractivity contribution in [2.45, 2.75) is 32.1 Å². The maximum absolute atomic E-state index is 5.52. The van der Waals surface area contributed by atoms with Gasteiger partial charge in [0.2, 0.25) is 0 Å². The zero-order chi connectivity index (χ0) is 13.7. The van der Waals surface area contributed by atoms with Gasteiger partial charge in [0.1, 0.15) is 11.5 Å². The highest BCUT2D eigenvalue weighted by Gasteiger charge is 2.33. The van der Waals surface area contributed by atoms with Crippen molar-refractivity contribution in [3.05, 3.63) is 23.8 Å². The number of hydrogen-bond acceptors (Lipinski definition) is 3. The van der Waals surface area contributed by atoms with Crippen LogP contribution in [0.2, 0.25) is 0 Å². The molecule has 2 rings (SSSR count). The van der Waals surface area contributed by atoms with Crippen LogP contribution in [0.4, 0.5) is 0 Å². The maximum Gasteiger partial charge on any atom is 0.126 e. The lowest BCUT2D eigenvalue weighted by molar-refractivity contribution is 0.240. The van der Waals surface area contributed by atoms with Crippen molar-refractivity contribution >= 4 is 0 Å². The summed E-state index contributed by atoms with van der Waals surface area (Å²) in [5.74, 6) is 3.20. The third kappa shape index (κ3) is 3.21. The molecule has 0 aliphatic heterocycles. The van der Waals surface area contributed by atoms with Crippen molar-refractivity contribution in [2.75, 3.05) is 27.3 Å². The van der Waals surface area contributed by atoms with Gasteiger partial charge in [0.05, 0.1) is 14.2 Å². The van der Waals surface area contributed by atoms with Crippen LogP contribution in [0.15, 0.2) is 18.2 Å². The van der Waals surface area contributed by atoms with E-state index in [1.54, 1.807) is 14.2 Å². The lowest BCUT2D eigenvalue weighted by Gasteiger charge is -2.38. The number of ether oxygens (including phenoxy) is 2. The van der Waals surface area contributed by atoms with Gasteiger partial charge in [0.25, 0.3) is 0 Å². The number of methoxy groups -OCH3 is 2. The number of rotatable bonds is 7. The Hall–Kier alpha value is -1.22. The fourth-order valence-electron chi connectivity index (χ4n) is 2.81. The molecule has 0 saturated heterocycles. The van der Waals surface area contributed by atoms with Gasteiger partial charge in [0.15, 0.2) is 0 Å². The van der Waals surface area contributed by atoms with E-state index in [1.807, 2.05) is 12.1 Å². The molecule has 0 spiro atoms. The number of hydrogen-bond donors (Lipinski definition) is 1. The fraction of sp³-hybridized carbons (Fsp3) is 0.625. The SMILES string of the molecule is CCCNCC1CCC1c1ccc(OC)cc1OC. The Morgan fingerprint density at radius 2 is 2.05 bits per heavy atom. The predicted molar refractivity (Wildman–Crippen MR) is 78.2 cm³/mol. The monoisotopic (exact) mass is 263 g/mol. The van der Waals surface area contributed by atoms with Gasteiger partial charge >= 0.3 is 0 Å². The molecule has 0 radical (unpaired) electrons. The summed E-state index contributed by atoms with van der Waals surface area (Å²) in [6.45, 7) is 4.44. The third-order valence-corrected chi connectivity index (χ3v) is 4.09. The Morgan fingerprint density at radius 1 is 1.21 bits per heavy atom. The summed E-state index contributed by atoms with van der Waals surface area (Å²) in [4.78, 5) is 0. The summed E-state index contributed by atoms with van der Waals surface area (Å²) in [6.07, 6.45) is 3.78. The van der Waals surface area contributed by atoms with Crippen molar-refractivity contribution in [3.8, 4) is 11.5 Å². The topological polar surface area (TPSA) is 30.5 Å². The first-order chi connectivity index (χ1) is 9.30. The van der Waals surface area contributed by atoms with Gasteiger partial charge in [-0.05, 0) is 55.8 Å². The highest BCUT2D eigenvalue weighted by atomic mass is 16.5. The largest absolute Gasteiger partial charge is 0.497 e. The minimum Gasteiger partial charge on any atom is -0.497 e. The molecule has 1 N–H and O–H groups in total. The smallest absolute Gasteiger partial charge is 0.126 e. The molecule has 0 amide bonds. The Kier molecular flexibility index (Phi) is 5.08. The molecule has 3 nitrogen and oxygen atoms in total. The average Bonchev–Trinajstić information content (AvgIpc) is 2.42. The molecule has 1 aromatic carbocycles. The standard InChI is InChI=1S/C16H25NO2/c1-4-9-17-11-12-5-7-14(12)15-8-6-13(18-2)10-16(15)19-3/h6,8,10,12,14,17H,4-5,7,9,11H2,1-3H3. The van der Waals surface area contributed by atoms with E-state index >= 15 is 0 Å². The van der Waals surface area contributed by atoms with Crippen molar-refractivity contribution in [1.29, 1.82) is 0 Å². The summed E-state index contributed by atoms with van der Waals surface area (Å²) >= 11 is 0. The van der Waals surface area contributed by atoms with E-state index in [9.17, 15) is 0 Å². The second-order valence-electron chi connectivity index (χ2n) is 5.26. The Bertz CT molecular complexity index is 406. The lowest BCUT2D eigenvalue weighted by Crippen LogP contribution is -2.34. The lowest BCUT2D eigenvalue weighted by atomic mass is 9.69. The van der Waals surface area contributed by atoms with Crippen LogP contribution in [0, 0.1) is 5.92 Å². The zero-order valence-electron chi connectivity index (χ0n) is 12.2. The molecule has 1 aromatic rings. The van der Waals surface area contributed by atoms with Crippen LogP contribution in [0.1, 0.15) is 37.7 Å². The quantitative estimate of drug-likeness (QED) is 0.766. The van der Waals surface area contributed by atoms with E-state index in [0.29, 0.717) is 5.92 Å². The summed E-state index contributed by atoms with van der Waals surface area (Å²) in [7, 11) is 3.43. The molecule has 19 heavy (non-hydrogen) atoms. The summed E-state index contributed by atoms with van der Waals surface area (Å²) in [5.41, 5.74) is 1.33. The van der Waals surface area contributed by atoms with Gasteiger partial charge in [-0.2, -0.15) is 0 Å². The van der Waals surface area contributed by atoms with Gasteiger partial charge < -0.3 is 14.8 Å². The molecule has 0 heterocycles. The number of benzene rings is 1. The van der Waals surface area contributed by atoms with E-state index < -0.39 is 0 Å². The third-order valence-electron chi connectivity index (χ3n) is 4.09. The number of nitrogens with one attached hydrogen (secondary N) is 1. The van der Waals surface area contributed by atoms with Crippen molar-refractivity contribution in [1.82, 2.24) is 5.32 Å². The summed E-state index contributed by atoms with van der Waals surface area (Å²) in [6, 6.07) is 6.19. The zero-order valence-corrected chi connectivity index (χ0v) is 12.2. The highest BCUT2D eigenvalue weighted by molar-refractivity contribution is 5.43. The first-order valence-corrected chi connectivity index (χ1v) is 7.22. The van der Waals surface area contributed by atoms with E-state index in [-0.39, 0.29) is 0 Å². The minimum absolute atomic E-state index is 0.630. The molecule has 1 aliphatic rings. The second kappa shape index (κ2) is 6.80. The van der Waals surface area contributed by atoms with E-state index in [1.165, 1.54) is 24.8 Å². The van der Waals surface area contributed by atoms with Gasteiger partial charge in [-0.15, -0.1) is 0 Å². The Balaban J connectivity index is 2.04. The van der Waals surface area contributed by atoms with Crippen LogP contribution in [-0.4, -0.2) is 27.3 Å². The van der Waals surface area contributed by atoms with Gasteiger partial charge in [-0.3, -0.25) is 0 Å². The van der Waals surface area contributed by atoms with Crippen molar-refractivity contribution in [3.63, 3.8) is 0 Å². The van der Waals surface area contributed by atoms with Crippen molar-refractivity contribution < 1.29 is 9.47 Å². The second-order valence-corrected chi connectivity index (χ2v) is 5.26. The van der Waals surface area contributed by atoms with Gasteiger partial charge in [-0.1, -0.05) is 13.0 Å². The van der Waals surface area contributed by atoms with E-state index in [0.717, 1.165) is 30.5 Å². The molecule has 1 aliphatic carbocycles. The average molecular weight is 263 g/mol. The van der Waals surface area contributed by atoms with Gasteiger partial charge in [0, 0.05) is 6.07 Å². The molecule has 2 atom stereocenters. The fourth-order valence-corrected chi connectivity index (χ4v) is 2.81. The molecular formula is C16H25NO2. The van der Waals surface area contributed by atoms with E-state index in [4.69, 9.17) is 9.47 Å². The Morgan fingerprint density at radius 3 is 2.63 bits per heavy atom. The van der Waals surface area contributed by atoms with Crippen molar-refractivity contribution in [2.24, 2.45) is 5.92 Å². The van der Waals surface area contributed by atoms with Crippen LogP contribution in [0.5, 0.6) is 11.5 Å². The van der Waals surface area contributed by atoms with Crippen LogP contribution in [-0.2, 0) is 0 Å². The van der Waals surface area contributed by atoms with Crippen LogP contribution in [0.3, 0.4) is 0 Å². The van der Waals surface area contributed by atoms with E-state index in [2.05, 4.69) is 18.3 Å². The first kappa shape index (κ1) is 14.2. The summed E-state index contributed by atoms with van der Waals surface area (Å²) < 4.78 is 10.8. The predicted octanol–water partition coefficient (Wildman–Crippen LogP) is 3.20. The molecule has 2 unspecified atom stereocenters. The Labute approximate surface area is 116 Å². The van der Waals surface area contributed by atoms with Crippen LogP contribution >= 0.6 is 0 Å². The van der Waals surface area contributed by atoms with Crippen LogP contribution < -0.4 is 14.8 Å². The van der Waals surface area contributed by atoms with Gasteiger partial charge in [-0.25, -0.2) is 0 Å². The van der Waals surface area contributed by atoms with Crippen LogP contribution in [0.25, 0.3) is 0 Å². The molecule has 3 heteroatoms. The normalized spacial score (nSPS) is 21.8. The molecular weight excluding hydrogens is 238 g/mol.